The monoisotopic (exact) mass is 233 g/mol. The molecule has 0 bridgehead atoms. The Morgan fingerprint density at radius 1 is 1.60 bits per heavy atom. The third kappa shape index (κ3) is 3.23. The molecule has 0 fully saturated rings. The van der Waals surface area contributed by atoms with Gasteiger partial charge in [-0.2, -0.15) is 4.79 Å². The highest BCUT2D eigenvalue weighted by molar-refractivity contribution is 6.29. The molecule has 0 N–H and O–H groups in total. The lowest BCUT2D eigenvalue weighted by molar-refractivity contribution is -0.154. The first-order valence-corrected chi connectivity index (χ1v) is 4.95. The van der Waals surface area contributed by atoms with Crippen LogP contribution in [-0.2, 0) is 9.53 Å². The maximum absolute atomic E-state index is 13.0. The summed E-state index contributed by atoms with van der Waals surface area (Å²) in [4.78, 5) is 11.8. The summed E-state index contributed by atoms with van der Waals surface area (Å²) in [7, 11) is 0. The fourth-order valence-electron chi connectivity index (χ4n) is 1.04. The topological polar surface area (TPSA) is 31.2 Å². The van der Waals surface area contributed by atoms with Crippen molar-refractivity contribution < 1.29 is 14.0 Å². The third-order valence-corrected chi connectivity index (χ3v) is 2.01. The number of hydrogen-bond acceptors (Lipinski definition) is 2. The Morgan fingerprint density at radius 3 is 2.60 bits per heavy atom. The fraction of sp³-hybridized carbons (Fsp3) is 0.500. The van der Waals surface area contributed by atoms with E-state index in [4.69, 9.17) is 16.3 Å². The SMILES string of the molecule is CC(C)(C)OC(=O)C(Cl)c1cccn1F. The number of carbonyl (C=O) groups excluding carboxylic acids is 1. The number of carbonyl (C=O) groups is 1. The molecule has 84 valence electrons. The van der Waals surface area contributed by atoms with E-state index in [0.29, 0.717) is 4.79 Å². The van der Waals surface area contributed by atoms with Gasteiger partial charge < -0.3 is 4.74 Å². The van der Waals surface area contributed by atoms with E-state index in [2.05, 4.69) is 0 Å². The van der Waals surface area contributed by atoms with Gasteiger partial charge in [0.25, 0.3) is 0 Å². The second-order valence-electron chi connectivity index (χ2n) is 4.14. The van der Waals surface area contributed by atoms with Crippen LogP contribution in [0.4, 0.5) is 4.48 Å². The predicted molar refractivity (Wildman–Crippen MR) is 55.4 cm³/mol. The van der Waals surface area contributed by atoms with Gasteiger partial charge in [0.05, 0.1) is 5.69 Å². The number of nitrogens with zero attached hydrogens (tertiary/aromatic N) is 1. The molecule has 1 atom stereocenters. The summed E-state index contributed by atoms with van der Waals surface area (Å²) in [6, 6.07) is 2.90. The summed E-state index contributed by atoms with van der Waals surface area (Å²) in [5, 5.41) is -1.12. The maximum Gasteiger partial charge on any atom is 0.330 e. The Balaban J connectivity index is 2.74. The normalized spacial score (nSPS) is 13.7. The molecular formula is C10H13ClFNO2. The Bertz CT molecular complexity index is 357. The summed E-state index contributed by atoms with van der Waals surface area (Å²) >= 11 is 5.77. The molecule has 1 unspecified atom stereocenters. The van der Waals surface area contributed by atoms with Gasteiger partial charge in [-0.25, -0.2) is 0 Å². The van der Waals surface area contributed by atoms with E-state index in [9.17, 15) is 9.28 Å². The number of esters is 1. The lowest BCUT2D eigenvalue weighted by atomic mass is 10.2. The Kier molecular flexibility index (Phi) is 3.39. The Morgan fingerprint density at radius 2 is 2.20 bits per heavy atom. The molecule has 0 aliphatic heterocycles. The van der Waals surface area contributed by atoms with E-state index in [1.54, 1.807) is 20.8 Å². The van der Waals surface area contributed by atoms with Gasteiger partial charge in [-0.05, 0) is 32.9 Å². The van der Waals surface area contributed by atoms with Crippen molar-refractivity contribution in [3.63, 3.8) is 0 Å². The van der Waals surface area contributed by atoms with Gasteiger partial charge in [0.15, 0.2) is 5.38 Å². The second-order valence-corrected chi connectivity index (χ2v) is 4.58. The molecular weight excluding hydrogens is 221 g/mol. The first-order chi connectivity index (χ1) is 6.81. The fourth-order valence-corrected chi connectivity index (χ4v) is 1.25. The molecule has 0 saturated heterocycles. The van der Waals surface area contributed by atoms with Crippen LogP contribution in [0.2, 0.25) is 0 Å². The second kappa shape index (κ2) is 4.23. The molecule has 1 aromatic heterocycles. The van der Waals surface area contributed by atoms with Crippen LogP contribution < -0.4 is 0 Å². The van der Waals surface area contributed by atoms with Gasteiger partial charge in [-0.1, -0.05) is 4.48 Å². The summed E-state index contributed by atoms with van der Waals surface area (Å²) < 4.78 is 18.0. The molecule has 0 saturated carbocycles. The zero-order chi connectivity index (χ0) is 11.6. The highest BCUT2D eigenvalue weighted by Crippen LogP contribution is 2.24. The van der Waals surface area contributed by atoms with E-state index in [1.807, 2.05) is 0 Å². The van der Waals surface area contributed by atoms with E-state index in [0.717, 1.165) is 0 Å². The van der Waals surface area contributed by atoms with Crippen LogP contribution >= 0.6 is 11.6 Å². The first kappa shape index (κ1) is 12.0. The summed E-state index contributed by atoms with van der Waals surface area (Å²) in [6.07, 6.45) is 1.18. The highest BCUT2D eigenvalue weighted by atomic mass is 35.5. The molecule has 1 heterocycles. The molecule has 0 radical (unpaired) electrons. The minimum Gasteiger partial charge on any atom is -0.459 e. The van der Waals surface area contributed by atoms with Gasteiger partial charge >= 0.3 is 5.97 Å². The zero-order valence-corrected chi connectivity index (χ0v) is 9.58. The molecule has 0 aliphatic carbocycles. The number of hydrogen-bond donors (Lipinski definition) is 0. The van der Waals surface area contributed by atoms with Crippen molar-refractivity contribution in [3.8, 4) is 0 Å². The van der Waals surface area contributed by atoms with Crippen LogP contribution in [0.3, 0.4) is 0 Å². The number of aromatic nitrogens is 1. The summed E-state index contributed by atoms with van der Waals surface area (Å²) in [5.41, 5.74) is -0.552. The van der Waals surface area contributed by atoms with Crippen LogP contribution in [-0.4, -0.2) is 16.4 Å². The molecule has 0 aromatic carbocycles. The molecule has 3 nitrogen and oxygen atoms in total. The van der Waals surface area contributed by atoms with Gasteiger partial charge in [-0.15, -0.1) is 11.6 Å². The Hall–Kier alpha value is -1.03. The average Bonchev–Trinajstić information content (AvgIpc) is 2.47. The lowest BCUT2D eigenvalue weighted by Crippen LogP contribution is -2.26. The molecule has 0 aliphatic rings. The van der Waals surface area contributed by atoms with Crippen molar-refractivity contribution in [1.82, 2.24) is 4.79 Å². The van der Waals surface area contributed by atoms with Crippen molar-refractivity contribution in [2.75, 3.05) is 0 Å². The van der Waals surface area contributed by atoms with Crippen molar-refractivity contribution in [1.29, 1.82) is 0 Å². The zero-order valence-electron chi connectivity index (χ0n) is 8.83. The summed E-state index contributed by atoms with van der Waals surface area (Å²) in [6.45, 7) is 5.18. The van der Waals surface area contributed by atoms with Gasteiger partial charge in [0, 0.05) is 6.20 Å². The molecule has 0 amide bonds. The largest absolute Gasteiger partial charge is 0.459 e. The number of alkyl halides is 1. The molecule has 15 heavy (non-hydrogen) atoms. The third-order valence-electron chi connectivity index (χ3n) is 1.60. The Labute approximate surface area is 92.7 Å². The minimum absolute atomic E-state index is 0.0749. The highest BCUT2D eigenvalue weighted by Gasteiger charge is 2.26. The molecule has 0 spiro atoms. The van der Waals surface area contributed by atoms with Crippen LogP contribution in [0.1, 0.15) is 31.8 Å². The molecule has 1 aromatic rings. The van der Waals surface area contributed by atoms with Crippen LogP contribution in [0.5, 0.6) is 0 Å². The molecule has 5 heteroatoms. The lowest BCUT2D eigenvalue weighted by Gasteiger charge is -2.21. The number of ether oxygens (including phenoxy) is 1. The van der Waals surface area contributed by atoms with E-state index < -0.39 is 16.9 Å². The van der Waals surface area contributed by atoms with Crippen LogP contribution in [0, 0.1) is 0 Å². The van der Waals surface area contributed by atoms with Gasteiger partial charge in [-0.3, -0.25) is 4.79 Å². The quantitative estimate of drug-likeness (QED) is 0.581. The van der Waals surface area contributed by atoms with Crippen LogP contribution in [0.15, 0.2) is 18.3 Å². The van der Waals surface area contributed by atoms with Gasteiger partial charge in [0.1, 0.15) is 5.60 Å². The minimum atomic E-state index is -1.12. The van der Waals surface area contributed by atoms with Gasteiger partial charge in [0.2, 0.25) is 0 Å². The molecule has 1 rings (SSSR count). The van der Waals surface area contributed by atoms with Crippen LogP contribution in [0.25, 0.3) is 0 Å². The number of halogens is 2. The number of rotatable bonds is 2. The van der Waals surface area contributed by atoms with E-state index >= 15 is 0 Å². The maximum atomic E-state index is 13.0. The van der Waals surface area contributed by atoms with Crippen molar-refractivity contribution in [2.45, 2.75) is 31.7 Å². The van der Waals surface area contributed by atoms with E-state index in [1.165, 1.54) is 18.3 Å². The van der Waals surface area contributed by atoms with E-state index in [-0.39, 0.29) is 5.69 Å². The first-order valence-electron chi connectivity index (χ1n) is 4.51. The standard InChI is InChI=1S/C10H13ClFNO2/c1-10(2,3)15-9(14)8(11)7-5-4-6-13(7)12/h4-6,8H,1-3H3. The van der Waals surface area contributed by atoms with Crippen molar-refractivity contribution in [2.24, 2.45) is 0 Å². The van der Waals surface area contributed by atoms with Crippen molar-refractivity contribution in [3.05, 3.63) is 24.0 Å². The summed E-state index contributed by atoms with van der Waals surface area (Å²) in [5.74, 6) is -0.651. The van der Waals surface area contributed by atoms with Crippen molar-refractivity contribution >= 4 is 17.6 Å². The smallest absolute Gasteiger partial charge is 0.330 e. The predicted octanol–water partition coefficient (Wildman–Crippen LogP) is 2.84. The average molecular weight is 234 g/mol.